The van der Waals surface area contributed by atoms with Gasteiger partial charge < -0.3 is 9.47 Å². The van der Waals surface area contributed by atoms with Gasteiger partial charge in [0, 0.05) is 17.4 Å². The second kappa shape index (κ2) is 7.23. The molecule has 0 saturated heterocycles. The molecule has 0 saturated carbocycles. The van der Waals surface area contributed by atoms with Gasteiger partial charge in [-0.05, 0) is 23.9 Å². The van der Waals surface area contributed by atoms with Crippen LogP contribution in [-0.4, -0.2) is 25.5 Å². The molecule has 2 rings (SSSR count). The molecule has 5 heteroatoms. The summed E-state index contributed by atoms with van der Waals surface area (Å²) in [5, 5.41) is 9.90. The number of benzene rings is 2. The molecule has 0 unspecified atom stereocenters. The molecule has 0 aliphatic rings. The van der Waals surface area contributed by atoms with E-state index in [4.69, 9.17) is 10.00 Å². The van der Waals surface area contributed by atoms with E-state index in [2.05, 4.69) is 10.8 Å². The lowest BCUT2D eigenvalue weighted by Crippen LogP contribution is -2.16. The third kappa shape index (κ3) is 3.23. The van der Waals surface area contributed by atoms with Gasteiger partial charge in [-0.2, -0.15) is 5.26 Å². The number of rotatable bonds is 6. The zero-order chi connectivity index (χ0) is 15.9. The van der Waals surface area contributed by atoms with Gasteiger partial charge in [0.2, 0.25) is 0 Å². The Morgan fingerprint density at radius 3 is 2.55 bits per heavy atom. The molecule has 0 aliphatic carbocycles. The van der Waals surface area contributed by atoms with Crippen LogP contribution in [0.25, 0.3) is 10.8 Å². The van der Waals surface area contributed by atoms with Gasteiger partial charge in [0.05, 0.1) is 19.8 Å². The lowest BCUT2D eigenvalue weighted by Gasteiger charge is -2.11. The summed E-state index contributed by atoms with van der Waals surface area (Å²) < 4.78 is 10.2. The van der Waals surface area contributed by atoms with Gasteiger partial charge in [-0.1, -0.05) is 24.3 Å². The lowest BCUT2D eigenvalue weighted by atomic mass is 10.0. The van der Waals surface area contributed by atoms with E-state index < -0.39 is 11.8 Å². The van der Waals surface area contributed by atoms with Crippen LogP contribution in [0.3, 0.4) is 0 Å². The summed E-state index contributed by atoms with van der Waals surface area (Å²) in [6, 6.07) is 12.5. The summed E-state index contributed by atoms with van der Waals surface area (Å²) in [6.45, 7) is 0.419. The van der Waals surface area contributed by atoms with E-state index in [1.807, 2.05) is 12.1 Å². The van der Waals surface area contributed by atoms with Crippen molar-refractivity contribution >= 4 is 22.5 Å². The van der Waals surface area contributed by atoms with Gasteiger partial charge in [-0.3, -0.25) is 4.79 Å². The van der Waals surface area contributed by atoms with Crippen LogP contribution < -0.4 is 4.74 Å². The van der Waals surface area contributed by atoms with Gasteiger partial charge >= 0.3 is 5.97 Å². The van der Waals surface area contributed by atoms with E-state index in [9.17, 15) is 9.59 Å². The highest BCUT2D eigenvalue weighted by atomic mass is 16.5. The molecule has 5 nitrogen and oxygen atoms in total. The molecular formula is C17H15NO4. The minimum Gasteiger partial charge on any atom is -0.493 e. The zero-order valence-electron chi connectivity index (χ0n) is 12.2. The van der Waals surface area contributed by atoms with Gasteiger partial charge in [0.25, 0.3) is 5.78 Å². The lowest BCUT2D eigenvalue weighted by molar-refractivity contribution is -0.135. The molecule has 0 atom stereocenters. The Labute approximate surface area is 128 Å². The Kier molecular flexibility index (Phi) is 5.10. The molecule has 0 bridgehead atoms. The first-order valence-electron chi connectivity index (χ1n) is 6.83. The fourth-order valence-electron chi connectivity index (χ4n) is 2.13. The third-order valence-corrected chi connectivity index (χ3v) is 3.19. The average Bonchev–Trinajstić information content (AvgIpc) is 2.57. The molecule has 0 amide bonds. The molecule has 0 heterocycles. The van der Waals surface area contributed by atoms with Crippen molar-refractivity contribution in [3.63, 3.8) is 0 Å². The van der Waals surface area contributed by atoms with E-state index >= 15 is 0 Å². The number of hydrogen-bond donors (Lipinski definition) is 0. The number of ketones is 1. The summed E-state index contributed by atoms with van der Waals surface area (Å²) in [4.78, 5) is 23.5. The molecule has 2 aromatic rings. The van der Waals surface area contributed by atoms with Crippen LogP contribution in [-0.2, 0) is 9.53 Å². The van der Waals surface area contributed by atoms with Crippen molar-refractivity contribution < 1.29 is 19.1 Å². The second-order valence-corrected chi connectivity index (χ2v) is 4.59. The van der Waals surface area contributed by atoms with Crippen LogP contribution in [0.5, 0.6) is 5.75 Å². The van der Waals surface area contributed by atoms with Gasteiger partial charge in [-0.25, -0.2) is 4.79 Å². The predicted octanol–water partition coefficient (Wildman–Crippen LogP) is 2.88. The Morgan fingerprint density at radius 2 is 1.86 bits per heavy atom. The van der Waals surface area contributed by atoms with E-state index in [1.54, 1.807) is 24.3 Å². The fourth-order valence-corrected chi connectivity index (χ4v) is 2.13. The number of methoxy groups -OCH3 is 1. The van der Waals surface area contributed by atoms with Gasteiger partial charge in [0.1, 0.15) is 5.75 Å². The number of fused-ring (bicyclic) bond motifs is 1. The highest BCUT2D eigenvalue weighted by Gasteiger charge is 2.20. The normalized spacial score (nSPS) is 10.0. The number of esters is 1. The largest absolute Gasteiger partial charge is 0.493 e. The van der Waals surface area contributed by atoms with E-state index in [0.717, 1.165) is 5.39 Å². The maximum absolute atomic E-state index is 12.0. The smallest absolute Gasteiger partial charge is 0.379 e. The van der Waals surface area contributed by atoms with Crippen molar-refractivity contribution in [3.8, 4) is 11.8 Å². The number of nitrogens with zero attached hydrogens (tertiary/aromatic N) is 1. The summed E-state index contributed by atoms with van der Waals surface area (Å²) in [5.74, 6) is -0.961. The maximum atomic E-state index is 12.0. The van der Waals surface area contributed by atoms with Crippen LogP contribution in [0, 0.1) is 11.3 Å². The van der Waals surface area contributed by atoms with Crippen LogP contribution in [0.15, 0.2) is 36.4 Å². The van der Waals surface area contributed by atoms with Crippen molar-refractivity contribution in [2.45, 2.75) is 12.8 Å². The number of unbranched alkanes of at least 4 members (excludes halogenated alkanes) is 1. The Hall–Kier alpha value is -2.87. The molecule has 0 aromatic heterocycles. The first kappa shape index (κ1) is 15.5. The summed E-state index contributed by atoms with van der Waals surface area (Å²) in [5.41, 5.74) is 0.284. The quantitative estimate of drug-likeness (QED) is 0.354. The topological polar surface area (TPSA) is 76.4 Å². The molecule has 0 spiro atoms. The van der Waals surface area contributed by atoms with E-state index in [0.29, 0.717) is 30.6 Å². The summed E-state index contributed by atoms with van der Waals surface area (Å²) in [7, 11) is 1.18. The third-order valence-electron chi connectivity index (χ3n) is 3.19. The fraction of sp³-hybridized carbons (Fsp3) is 0.235. The van der Waals surface area contributed by atoms with Crippen molar-refractivity contribution in [1.82, 2.24) is 0 Å². The average molecular weight is 297 g/mol. The number of Topliss-reactive ketones (excluding diaryl/α,β-unsaturated/α-hetero) is 1. The maximum Gasteiger partial charge on any atom is 0.379 e. The van der Waals surface area contributed by atoms with Gasteiger partial charge in [-0.15, -0.1) is 0 Å². The van der Waals surface area contributed by atoms with Crippen molar-refractivity contribution in [2.75, 3.05) is 13.7 Å². The minimum absolute atomic E-state index is 0.284. The molecule has 0 radical (unpaired) electrons. The van der Waals surface area contributed by atoms with Crippen molar-refractivity contribution in [2.24, 2.45) is 0 Å². The van der Waals surface area contributed by atoms with Gasteiger partial charge in [0.15, 0.2) is 0 Å². The monoisotopic (exact) mass is 297 g/mol. The molecular weight excluding hydrogens is 282 g/mol. The van der Waals surface area contributed by atoms with E-state index in [-0.39, 0.29) is 5.56 Å². The highest BCUT2D eigenvalue weighted by Crippen LogP contribution is 2.29. The molecule has 0 aliphatic heterocycles. The Bertz CT molecular complexity index is 746. The SMILES string of the molecule is COC(=O)C(=O)c1ccc(OCCCC#N)c2ccccc12. The number of nitriles is 1. The summed E-state index contributed by atoms with van der Waals surface area (Å²) >= 11 is 0. The van der Waals surface area contributed by atoms with Crippen molar-refractivity contribution in [3.05, 3.63) is 42.0 Å². The molecule has 0 N–H and O–H groups in total. The van der Waals surface area contributed by atoms with E-state index in [1.165, 1.54) is 7.11 Å². The highest BCUT2D eigenvalue weighted by molar-refractivity contribution is 6.43. The minimum atomic E-state index is -0.896. The second-order valence-electron chi connectivity index (χ2n) is 4.59. The zero-order valence-corrected chi connectivity index (χ0v) is 12.2. The molecule has 22 heavy (non-hydrogen) atoms. The first-order chi connectivity index (χ1) is 10.7. The number of carbonyl (C=O) groups is 2. The molecule has 112 valence electrons. The summed E-state index contributed by atoms with van der Waals surface area (Å²) in [6.07, 6.45) is 1.06. The number of carbonyl (C=O) groups excluding carboxylic acids is 2. The van der Waals surface area contributed by atoms with Crippen LogP contribution in [0.4, 0.5) is 0 Å². The number of hydrogen-bond acceptors (Lipinski definition) is 5. The van der Waals surface area contributed by atoms with Crippen LogP contribution in [0.2, 0.25) is 0 Å². The van der Waals surface area contributed by atoms with Crippen LogP contribution in [0.1, 0.15) is 23.2 Å². The predicted molar refractivity (Wildman–Crippen MR) is 80.6 cm³/mol. The molecule has 2 aromatic carbocycles. The van der Waals surface area contributed by atoms with Crippen LogP contribution >= 0.6 is 0 Å². The first-order valence-corrected chi connectivity index (χ1v) is 6.83. The molecule has 0 fully saturated rings. The van der Waals surface area contributed by atoms with Crippen molar-refractivity contribution in [1.29, 1.82) is 5.26 Å². The standard InChI is InChI=1S/C17H15NO4/c1-21-17(20)16(19)14-8-9-15(22-11-5-4-10-18)13-7-3-2-6-12(13)14/h2-3,6-9H,4-5,11H2,1H3. The Morgan fingerprint density at radius 1 is 1.14 bits per heavy atom. The Balaban J connectivity index is 2.37. The number of ether oxygens (including phenoxy) is 2.